The van der Waals surface area contributed by atoms with Gasteiger partial charge in [-0.3, -0.25) is 14.7 Å². The summed E-state index contributed by atoms with van der Waals surface area (Å²) < 4.78 is 0. The van der Waals surface area contributed by atoms with Gasteiger partial charge < -0.3 is 16.0 Å². The molecule has 0 aliphatic carbocycles. The Morgan fingerprint density at radius 2 is 1.87 bits per heavy atom. The molecule has 6 nitrogen and oxygen atoms in total. The summed E-state index contributed by atoms with van der Waals surface area (Å²) in [5.41, 5.74) is 0.490. The van der Waals surface area contributed by atoms with Crippen LogP contribution in [-0.4, -0.2) is 56.0 Å². The number of guanidine groups is 1. The highest BCUT2D eigenvalue weighted by molar-refractivity contribution is 14.0. The van der Waals surface area contributed by atoms with E-state index in [1.54, 1.807) is 29.5 Å². The van der Waals surface area contributed by atoms with Crippen molar-refractivity contribution in [2.45, 2.75) is 25.8 Å². The first-order chi connectivity index (χ1) is 14.7. The number of amides is 1. The molecule has 1 unspecified atom stereocenters. The number of thiophene rings is 1. The van der Waals surface area contributed by atoms with E-state index in [1.165, 1.54) is 17.7 Å². The van der Waals surface area contributed by atoms with Crippen molar-refractivity contribution in [3.8, 4) is 0 Å². The standard InChI is InChI=1S/C22H30ClN5OS.HI/c1-2-24-22(26-12-11-25-21(29)17-8-3-4-9-18(17)23)27-16-19(20-10-7-15-30-20)28-13-5-6-14-28;/h3-4,7-10,15,19H,2,5-6,11-14,16H2,1H3,(H,25,29)(H2,24,26,27);1H. The molecular formula is C22H31ClIN5OS. The van der Waals surface area contributed by atoms with Crippen LogP contribution in [0.5, 0.6) is 0 Å². The number of nitrogens with one attached hydrogen (secondary N) is 3. The van der Waals surface area contributed by atoms with Gasteiger partial charge in [0.2, 0.25) is 0 Å². The van der Waals surface area contributed by atoms with Crippen molar-refractivity contribution in [3.05, 3.63) is 57.2 Å². The second-order valence-corrected chi connectivity index (χ2v) is 8.54. The molecule has 1 fully saturated rings. The van der Waals surface area contributed by atoms with Gasteiger partial charge in [0.15, 0.2) is 5.96 Å². The van der Waals surface area contributed by atoms with E-state index < -0.39 is 0 Å². The lowest BCUT2D eigenvalue weighted by Gasteiger charge is -2.25. The molecule has 3 rings (SSSR count). The molecular weight excluding hydrogens is 545 g/mol. The molecule has 1 aliphatic heterocycles. The number of hydrogen-bond donors (Lipinski definition) is 3. The van der Waals surface area contributed by atoms with Gasteiger partial charge in [-0.05, 0) is 56.4 Å². The smallest absolute Gasteiger partial charge is 0.252 e. The molecule has 1 amide bonds. The lowest BCUT2D eigenvalue weighted by Crippen LogP contribution is -2.42. The van der Waals surface area contributed by atoms with E-state index in [-0.39, 0.29) is 29.9 Å². The highest BCUT2D eigenvalue weighted by Gasteiger charge is 2.24. The Labute approximate surface area is 210 Å². The fourth-order valence-electron chi connectivity index (χ4n) is 3.54. The zero-order valence-electron chi connectivity index (χ0n) is 17.8. The van der Waals surface area contributed by atoms with E-state index in [1.807, 2.05) is 13.0 Å². The number of benzene rings is 1. The molecule has 170 valence electrons. The van der Waals surface area contributed by atoms with Crippen LogP contribution in [0.4, 0.5) is 0 Å². The van der Waals surface area contributed by atoms with E-state index in [2.05, 4.69) is 38.4 Å². The number of likely N-dealkylation sites (tertiary alicyclic amines) is 1. The van der Waals surface area contributed by atoms with Crippen LogP contribution in [0.15, 0.2) is 46.8 Å². The van der Waals surface area contributed by atoms with E-state index in [4.69, 9.17) is 16.6 Å². The molecule has 1 saturated heterocycles. The molecule has 31 heavy (non-hydrogen) atoms. The predicted octanol–water partition coefficient (Wildman–Crippen LogP) is 4.14. The van der Waals surface area contributed by atoms with Gasteiger partial charge in [-0.25, -0.2) is 0 Å². The number of aliphatic imine (C=N–C) groups is 1. The van der Waals surface area contributed by atoms with Gasteiger partial charge in [0, 0.05) is 24.5 Å². The third-order valence-electron chi connectivity index (χ3n) is 5.04. The summed E-state index contributed by atoms with van der Waals surface area (Å²) in [6, 6.07) is 11.7. The van der Waals surface area contributed by atoms with Crippen molar-refractivity contribution >= 4 is 58.8 Å². The van der Waals surface area contributed by atoms with Crippen LogP contribution in [0.25, 0.3) is 0 Å². The number of hydrogen-bond acceptors (Lipinski definition) is 4. The number of nitrogens with zero attached hydrogens (tertiary/aromatic N) is 2. The summed E-state index contributed by atoms with van der Waals surface area (Å²) >= 11 is 7.88. The average Bonchev–Trinajstić information content (AvgIpc) is 3.46. The first-order valence-corrected chi connectivity index (χ1v) is 11.8. The number of carbonyl (C=O) groups is 1. The maximum Gasteiger partial charge on any atom is 0.252 e. The second kappa shape index (κ2) is 13.9. The van der Waals surface area contributed by atoms with Crippen LogP contribution in [0.2, 0.25) is 5.02 Å². The topological polar surface area (TPSA) is 68.8 Å². The molecule has 1 aliphatic rings. The van der Waals surface area contributed by atoms with Crippen LogP contribution in [-0.2, 0) is 0 Å². The average molecular weight is 576 g/mol. The van der Waals surface area contributed by atoms with Gasteiger partial charge in [0.25, 0.3) is 5.91 Å². The van der Waals surface area contributed by atoms with E-state index in [9.17, 15) is 4.79 Å². The lowest BCUT2D eigenvalue weighted by atomic mass is 10.2. The van der Waals surface area contributed by atoms with E-state index >= 15 is 0 Å². The molecule has 3 N–H and O–H groups in total. The van der Waals surface area contributed by atoms with Crippen LogP contribution in [0, 0.1) is 0 Å². The molecule has 1 aromatic carbocycles. The summed E-state index contributed by atoms with van der Waals surface area (Å²) in [4.78, 5) is 21.0. The Bertz CT molecular complexity index is 827. The van der Waals surface area contributed by atoms with Gasteiger partial charge in [0.1, 0.15) is 0 Å². The van der Waals surface area contributed by atoms with E-state index in [0.29, 0.717) is 36.3 Å². The van der Waals surface area contributed by atoms with Crippen molar-refractivity contribution in [2.75, 3.05) is 39.3 Å². The molecule has 0 spiro atoms. The third kappa shape index (κ3) is 7.93. The summed E-state index contributed by atoms with van der Waals surface area (Å²) in [5, 5.41) is 12.1. The van der Waals surface area contributed by atoms with E-state index in [0.717, 1.165) is 25.6 Å². The molecule has 1 atom stereocenters. The second-order valence-electron chi connectivity index (χ2n) is 7.16. The molecule has 2 aromatic rings. The maximum atomic E-state index is 12.3. The Balaban J connectivity index is 0.00000341. The minimum atomic E-state index is -0.170. The van der Waals surface area contributed by atoms with Crippen LogP contribution >= 0.6 is 46.9 Å². The fourth-order valence-corrected chi connectivity index (χ4v) is 4.61. The first-order valence-electron chi connectivity index (χ1n) is 10.5. The highest BCUT2D eigenvalue weighted by atomic mass is 127. The molecule has 0 saturated carbocycles. The zero-order valence-corrected chi connectivity index (χ0v) is 21.7. The Kier molecular flexibility index (Phi) is 11.6. The number of halogens is 2. The quantitative estimate of drug-likeness (QED) is 0.182. The molecule has 2 heterocycles. The fraction of sp³-hybridized carbons (Fsp3) is 0.455. The summed E-state index contributed by atoms with van der Waals surface area (Å²) in [6.45, 7) is 6.87. The SMILES string of the molecule is CCNC(=NCC(c1cccs1)N1CCCC1)NCCNC(=O)c1ccccc1Cl.I. The highest BCUT2D eigenvalue weighted by Crippen LogP contribution is 2.28. The van der Waals surface area contributed by atoms with Crippen molar-refractivity contribution in [3.63, 3.8) is 0 Å². The van der Waals surface area contributed by atoms with Crippen LogP contribution < -0.4 is 16.0 Å². The van der Waals surface area contributed by atoms with Gasteiger partial charge in [-0.1, -0.05) is 29.8 Å². The Morgan fingerprint density at radius 1 is 1.13 bits per heavy atom. The van der Waals surface area contributed by atoms with Crippen LogP contribution in [0.1, 0.15) is 41.0 Å². The lowest BCUT2D eigenvalue weighted by molar-refractivity contribution is 0.0954. The monoisotopic (exact) mass is 575 g/mol. The largest absolute Gasteiger partial charge is 0.357 e. The van der Waals surface area contributed by atoms with Crippen molar-refractivity contribution in [2.24, 2.45) is 4.99 Å². The van der Waals surface area contributed by atoms with Crippen LogP contribution in [0.3, 0.4) is 0 Å². The Hall–Kier alpha value is -1.36. The zero-order chi connectivity index (χ0) is 21.2. The van der Waals surface area contributed by atoms with Gasteiger partial charge in [0.05, 0.1) is 23.2 Å². The van der Waals surface area contributed by atoms with Gasteiger partial charge in [-0.2, -0.15) is 0 Å². The molecule has 9 heteroatoms. The molecule has 0 bridgehead atoms. The first kappa shape index (κ1) is 25.9. The summed E-state index contributed by atoms with van der Waals surface area (Å²) in [5.74, 6) is 0.598. The maximum absolute atomic E-state index is 12.3. The number of carbonyl (C=O) groups excluding carboxylic acids is 1. The summed E-state index contributed by atoms with van der Waals surface area (Å²) in [6.07, 6.45) is 2.52. The molecule has 1 aromatic heterocycles. The summed E-state index contributed by atoms with van der Waals surface area (Å²) in [7, 11) is 0. The van der Waals surface area contributed by atoms with Crippen molar-refractivity contribution in [1.82, 2.24) is 20.9 Å². The normalized spacial score (nSPS) is 15.2. The number of rotatable bonds is 9. The minimum Gasteiger partial charge on any atom is -0.357 e. The third-order valence-corrected chi connectivity index (χ3v) is 6.34. The van der Waals surface area contributed by atoms with Gasteiger partial charge >= 0.3 is 0 Å². The van der Waals surface area contributed by atoms with Gasteiger partial charge in [-0.15, -0.1) is 35.3 Å². The molecule has 0 radical (unpaired) electrons. The Morgan fingerprint density at radius 3 is 2.55 bits per heavy atom. The van der Waals surface area contributed by atoms with Crippen molar-refractivity contribution < 1.29 is 4.79 Å². The van der Waals surface area contributed by atoms with Crippen molar-refractivity contribution in [1.29, 1.82) is 0 Å². The predicted molar refractivity (Wildman–Crippen MR) is 141 cm³/mol. The minimum absolute atomic E-state index is 0.